The van der Waals surface area contributed by atoms with Gasteiger partial charge in [0, 0.05) is 30.9 Å². The first-order valence-electron chi connectivity index (χ1n) is 7.72. The normalized spacial score (nSPS) is 14.5. The van der Waals surface area contributed by atoms with Crippen molar-refractivity contribution in [1.29, 1.82) is 0 Å². The van der Waals surface area contributed by atoms with E-state index in [2.05, 4.69) is 20.5 Å². The van der Waals surface area contributed by atoms with Crippen LogP contribution in [0.4, 0.5) is 16.5 Å². The highest BCUT2D eigenvalue weighted by Gasteiger charge is 2.25. The van der Waals surface area contributed by atoms with Crippen molar-refractivity contribution in [2.45, 2.75) is 0 Å². The lowest BCUT2D eigenvalue weighted by molar-refractivity contribution is -0.110. The Kier molecular flexibility index (Phi) is 3.77. The Morgan fingerprint density at radius 1 is 1.04 bits per heavy atom. The first-order chi connectivity index (χ1) is 12.1. The van der Waals surface area contributed by atoms with Crippen LogP contribution in [0.3, 0.4) is 0 Å². The minimum atomic E-state index is -0.215. The molecule has 0 spiro atoms. The summed E-state index contributed by atoms with van der Waals surface area (Å²) in [5.74, 6) is -0.215. The van der Waals surface area contributed by atoms with Crippen molar-refractivity contribution in [2.24, 2.45) is 4.99 Å². The molecule has 7 heteroatoms. The van der Waals surface area contributed by atoms with Crippen molar-refractivity contribution in [1.82, 2.24) is 10.2 Å². The van der Waals surface area contributed by atoms with Gasteiger partial charge < -0.3 is 10.2 Å². The molecule has 25 heavy (non-hydrogen) atoms. The summed E-state index contributed by atoms with van der Waals surface area (Å²) in [4.78, 5) is 18.6. The minimum absolute atomic E-state index is 0.215. The summed E-state index contributed by atoms with van der Waals surface area (Å²) >= 11 is 1.36. The highest BCUT2D eigenvalue weighted by molar-refractivity contribution is 7.18. The van der Waals surface area contributed by atoms with Crippen LogP contribution >= 0.6 is 11.3 Å². The second kappa shape index (κ2) is 6.10. The Morgan fingerprint density at radius 3 is 2.56 bits per heavy atom. The quantitative estimate of drug-likeness (QED) is 0.787. The number of benzene rings is 2. The fourth-order valence-corrected chi connectivity index (χ4v) is 3.32. The Balaban J connectivity index is 1.65. The number of aliphatic imine (C=N–C) groups is 1. The van der Waals surface area contributed by atoms with E-state index in [4.69, 9.17) is 0 Å². The summed E-state index contributed by atoms with van der Waals surface area (Å²) in [6, 6.07) is 15.6. The van der Waals surface area contributed by atoms with Crippen molar-refractivity contribution in [3.05, 3.63) is 54.1 Å². The number of fused-ring (bicyclic) bond motifs is 1. The second-order valence-electron chi connectivity index (χ2n) is 5.79. The van der Waals surface area contributed by atoms with Crippen LogP contribution in [0.1, 0.15) is 5.56 Å². The topological polar surface area (TPSA) is 70.5 Å². The number of carbonyl (C=O) groups excluding carboxylic acids is 1. The third-order valence-electron chi connectivity index (χ3n) is 3.90. The zero-order valence-electron chi connectivity index (χ0n) is 13.7. The molecule has 0 atom stereocenters. The summed E-state index contributed by atoms with van der Waals surface area (Å²) in [6.45, 7) is 0. The second-order valence-corrected chi connectivity index (χ2v) is 6.75. The fourth-order valence-electron chi connectivity index (χ4n) is 2.59. The van der Waals surface area contributed by atoms with Crippen LogP contribution in [0.25, 0.3) is 10.6 Å². The van der Waals surface area contributed by atoms with Gasteiger partial charge in [-0.1, -0.05) is 29.5 Å². The summed E-state index contributed by atoms with van der Waals surface area (Å²) in [6.07, 6.45) is 0. The molecule has 2 aromatic carbocycles. The molecule has 0 fully saturated rings. The monoisotopic (exact) mass is 349 g/mol. The summed E-state index contributed by atoms with van der Waals surface area (Å²) in [5.41, 5.74) is 4.04. The van der Waals surface area contributed by atoms with Crippen molar-refractivity contribution >= 4 is 39.5 Å². The van der Waals surface area contributed by atoms with Gasteiger partial charge in [0.2, 0.25) is 5.13 Å². The summed E-state index contributed by atoms with van der Waals surface area (Å²) in [5, 5.41) is 12.4. The summed E-state index contributed by atoms with van der Waals surface area (Å²) in [7, 11) is 4.00. The average Bonchev–Trinajstić information content (AvgIpc) is 3.20. The molecule has 0 aliphatic carbocycles. The first-order valence-corrected chi connectivity index (χ1v) is 8.54. The van der Waals surface area contributed by atoms with E-state index in [0.29, 0.717) is 10.8 Å². The van der Waals surface area contributed by atoms with E-state index in [1.54, 1.807) is 0 Å². The minimum Gasteiger partial charge on any atom is -0.378 e. The SMILES string of the molecule is CN(C)c1ccc(-c2nnc(/N=C3/C(=O)Nc4ccccc43)s2)cc1. The number of nitrogens with one attached hydrogen (secondary N) is 1. The van der Waals surface area contributed by atoms with Crippen molar-refractivity contribution < 1.29 is 4.79 Å². The molecule has 1 aliphatic rings. The first kappa shape index (κ1) is 15.5. The van der Waals surface area contributed by atoms with Crippen LogP contribution in [0.15, 0.2) is 53.5 Å². The van der Waals surface area contributed by atoms with Crippen LogP contribution in [0, 0.1) is 0 Å². The van der Waals surface area contributed by atoms with Crippen molar-refractivity contribution in [3.8, 4) is 10.6 Å². The van der Waals surface area contributed by atoms with E-state index >= 15 is 0 Å². The highest BCUT2D eigenvalue weighted by Crippen LogP contribution is 2.31. The molecular weight excluding hydrogens is 334 g/mol. The van der Waals surface area contributed by atoms with Gasteiger partial charge >= 0.3 is 0 Å². The van der Waals surface area contributed by atoms with E-state index in [1.165, 1.54) is 11.3 Å². The number of carbonyl (C=O) groups is 1. The van der Waals surface area contributed by atoms with Gasteiger partial charge in [0.25, 0.3) is 5.91 Å². The molecular formula is C18H15N5OS. The van der Waals surface area contributed by atoms with Crippen molar-refractivity contribution in [2.75, 3.05) is 24.3 Å². The van der Waals surface area contributed by atoms with E-state index in [9.17, 15) is 4.79 Å². The van der Waals surface area contributed by atoms with E-state index < -0.39 is 0 Å². The number of aromatic nitrogens is 2. The smallest absolute Gasteiger partial charge is 0.275 e. The molecule has 0 bridgehead atoms. The standard InChI is InChI=1S/C18H15N5OS/c1-23(2)12-9-7-11(8-10-12)17-21-22-18(25-17)20-15-13-5-3-4-6-14(13)19-16(15)24/h3-10H,1-2H3,(H,19,20,22,24). The number of amides is 1. The fraction of sp³-hybridized carbons (Fsp3) is 0.111. The largest absolute Gasteiger partial charge is 0.378 e. The van der Waals surface area contributed by atoms with Gasteiger partial charge in [0.1, 0.15) is 10.7 Å². The number of para-hydroxylation sites is 1. The molecule has 124 valence electrons. The molecule has 1 aliphatic heterocycles. The van der Waals surface area contributed by atoms with Crippen LogP contribution in [0.2, 0.25) is 0 Å². The molecule has 1 N–H and O–H groups in total. The number of hydrogen-bond acceptors (Lipinski definition) is 6. The van der Waals surface area contributed by atoms with Gasteiger partial charge in [-0.2, -0.15) is 0 Å². The third-order valence-corrected chi connectivity index (χ3v) is 4.76. The zero-order chi connectivity index (χ0) is 17.4. The highest BCUT2D eigenvalue weighted by atomic mass is 32.1. The van der Waals surface area contributed by atoms with Gasteiger partial charge in [0.05, 0.1) is 5.69 Å². The Morgan fingerprint density at radius 2 is 1.80 bits per heavy atom. The number of rotatable bonds is 3. The zero-order valence-corrected chi connectivity index (χ0v) is 14.5. The van der Waals surface area contributed by atoms with Crippen LogP contribution in [-0.2, 0) is 4.79 Å². The van der Waals surface area contributed by atoms with Crippen LogP contribution in [-0.4, -0.2) is 35.9 Å². The number of hydrogen-bond donors (Lipinski definition) is 1. The van der Waals surface area contributed by atoms with Gasteiger partial charge in [-0.3, -0.25) is 4.79 Å². The molecule has 1 amide bonds. The van der Waals surface area contributed by atoms with Crippen molar-refractivity contribution in [3.63, 3.8) is 0 Å². The Hall–Kier alpha value is -3.06. The van der Waals surface area contributed by atoms with Gasteiger partial charge in [0.15, 0.2) is 0 Å². The maximum Gasteiger partial charge on any atom is 0.275 e. The molecule has 2 heterocycles. The predicted molar refractivity (Wildman–Crippen MR) is 101 cm³/mol. The average molecular weight is 349 g/mol. The lowest BCUT2D eigenvalue weighted by atomic mass is 10.1. The molecule has 1 aromatic heterocycles. The Labute approximate surface area is 148 Å². The predicted octanol–water partition coefficient (Wildman–Crippen LogP) is 3.34. The van der Waals surface area contributed by atoms with Gasteiger partial charge in [-0.05, 0) is 30.3 Å². The molecule has 0 unspecified atom stereocenters. The molecule has 3 aromatic rings. The molecule has 0 saturated heterocycles. The van der Waals surface area contributed by atoms with Crippen LogP contribution in [0.5, 0.6) is 0 Å². The van der Waals surface area contributed by atoms with Crippen LogP contribution < -0.4 is 10.2 Å². The molecule has 4 rings (SSSR count). The lowest BCUT2D eigenvalue weighted by Gasteiger charge is -2.11. The molecule has 0 radical (unpaired) electrons. The maximum absolute atomic E-state index is 12.1. The lowest BCUT2D eigenvalue weighted by Crippen LogP contribution is -2.13. The van der Waals surface area contributed by atoms with Gasteiger partial charge in [-0.15, -0.1) is 10.2 Å². The maximum atomic E-state index is 12.1. The van der Waals surface area contributed by atoms with Gasteiger partial charge in [-0.25, -0.2) is 4.99 Å². The van der Waals surface area contributed by atoms with E-state index in [0.717, 1.165) is 27.5 Å². The number of anilines is 2. The third kappa shape index (κ3) is 2.89. The summed E-state index contributed by atoms with van der Waals surface area (Å²) < 4.78 is 0. The van der Waals surface area contributed by atoms with E-state index in [1.807, 2.05) is 67.5 Å². The van der Waals surface area contributed by atoms with E-state index in [-0.39, 0.29) is 5.91 Å². The molecule has 6 nitrogen and oxygen atoms in total. The number of nitrogens with zero attached hydrogens (tertiary/aromatic N) is 4. The molecule has 0 saturated carbocycles. The Bertz CT molecular complexity index is 975.